The number of hydrogen-bond acceptors (Lipinski definition) is 3. The quantitative estimate of drug-likeness (QED) is 0.705. The van der Waals surface area contributed by atoms with E-state index < -0.39 is 11.2 Å². The van der Waals surface area contributed by atoms with E-state index in [4.69, 9.17) is 4.74 Å². The highest BCUT2D eigenvalue weighted by molar-refractivity contribution is 5.19. The molecule has 1 aliphatic heterocycles. The third-order valence-corrected chi connectivity index (χ3v) is 6.01. The summed E-state index contributed by atoms with van der Waals surface area (Å²) in [4.78, 5) is 0. The van der Waals surface area contributed by atoms with Crippen molar-refractivity contribution in [3.63, 3.8) is 0 Å². The molecule has 0 spiro atoms. The summed E-state index contributed by atoms with van der Waals surface area (Å²) in [5.41, 5.74) is -1.41. The lowest BCUT2D eigenvalue weighted by molar-refractivity contribution is -0.0688. The van der Waals surface area contributed by atoms with Gasteiger partial charge >= 0.3 is 0 Å². The van der Waals surface area contributed by atoms with E-state index in [1.165, 1.54) is 0 Å². The first kappa shape index (κ1) is 12.9. The molecule has 2 saturated carbocycles. The highest BCUT2D eigenvalue weighted by atomic mass is 16.6. The molecule has 2 aliphatic carbocycles. The molecular formula is C15H26O3. The second kappa shape index (κ2) is 3.50. The van der Waals surface area contributed by atoms with Crippen LogP contribution in [0.15, 0.2) is 0 Å². The molecular weight excluding hydrogens is 228 g/mol. The van der Waals surface area contributed by atoms with Crippen molar-refractivity contribution in [2.45, 2.75) is 76.3 Å². The zero-order valence-corrected chi connectivity index (χ0v) is 11.9. The van der Waals surface area contributed by atoms with Crippen molar-refractivity contribution in [2.75, 3.05) is 0 Å². The Morgan fingerprint density at radius 3 is 2.33 bits per heavy atom. The molecule has 0 bridgehead atoms. The van der Waals surface area contributed by atoms with Gasteiger partial charge in [0.1, 0.15) is 0 Å². The van der Waals surface area contributed by atoms with Gasteiger partial charge in [0.2, 0.25) is 0 Å². The van der Waals surface area contributed by atoms with E-state index in [1.807, 2.05) is 13.8 Å². The Hall–Kier alpha value is -0.120. The Bertz CT molecular complexity index is 361. The number of aliphatic hydroxyl groups is 2. The molecule has 3 fully saturated rings. The zero-order chi connectivity index (χ0) is 13.3. The Balaban J connectivity index is 1.98. The van der Waals surface area contributed by atoms with E-state index in [0.29, 0.717) is 5.92 Å². The predicted molar refractivity (Wildman–Crippen MR) is 69.1 cm³/mol. The van der Waals surface area contributed by atoms with Gasteiger partial charge in [-0.15, -0.1) is 0 Å². The van der Waals surface area contributed by atoms with Crippen molar-refractivity contribution in [1.82, 2.24) is 0 Å². The van der Waals surface area contributed by atoms with Crippen LogP contribution in [0.2, 0.25) is 0 Å². The lowest BCUT2D eigenvalue weighted by Gasteiger charge is -2.35. The van der Waals surface area contributed by atoms with Gasteiger partial charge in [-0.25, -0.2) is 0 Å². The van der Waals surface area contributed by atoms with Crippen LogP contribution in [0.3, 0.4) is 0 Å². The molecule has 0 radical (unpaired) electrons. The standard InChI is InChI=1S/C15H26O3/c1-9(2)15-8-7-13(3,16)10-5-6-14(4,17)11(10)12(15)18-15/h9-12,16-17H,5-8H2,1-4H3/t10-,11-,12+,13+,14+,15+/m0/s1. The first-order valence-electron chi connectivity index (χ1n) is 7.33. The Morgan fingerprint density at radius 1 is 1.06 bits per heavy atom. The third kappa shape index (κ3) is 1.53. The van der Waals surface area contributed by atoms with Crippen LogP contribution >= 0.6 is 0 Å². The summed E-state index contributed by atoms with van der Waals surface area (Å²) >= 11 is 0. The van der Waals surface area contributed by atoms with Crippen LogP contribution in [0, 0.1) is 17.8 Å². The summed E-state index contributed by atoms with van der Waals surface area (Å²) in [5.74, 6) is 0.728. The van der Waals surface area contributed by atoms with Crippen LogP contribution in [0.25, 0.3) is 0 Å². The van der Waals surface area contributed by atoms with Gasteiger partial charge in [-0.2, -0.15) is 0 Å². The van der Waals surface area contributed by atoms with Crippen molar-refractivity contribution >= 4 is 0 Å². The van der Waals surface area contributed by atoms with E-state index in [2.05, 4.69) is 13.8 Å². The van der Waals surface area contributed by atoms with Crippen molar-refractivity contribution < 1.29 is 14.9 Å². The normalized spacial score (nSPS) is 59.2. The molecule has 3 aliphatic rings. The fraction of sp³-hybridized carbons (Fsp3) is 1.00. The van der Waals surface area contributed by atoms with E-state index in [0.717, 1.165) is 25.7 Å². The molecule has 0 aromatic carbocycles. The fourth-order valence-corrected chi connectivity index (χ4v) is 4.63. The molecule has 0 unspecified atom stereocenters. The number of epoxide rings is 1. The summed E-state index contributed by atoms with van der Waals surface area (Å²) < 4.78 is 6.08. The van der Waals surface area contributed by atoms with Crippen molar-refractivity contribution in [1.29, 1.82) is 0 Å². The van der Waals surface area contributed by atoms with E-state index >= 15 is 0 Å². The second-order valence-electron chi connectivity index (χ2n) is 7.53. The maximum atomic E-state index is 10.7. The summed E-state index contributed by atoms with van der Waals surface area (Å²) in [6.07, 6.45) is 3.56. The first-order chi connectivity index (χ1) is 8.21. The van der Waals surface area contributed by atoms with Crippen LogP contribution < -0.4 is 0 Å². The van der Waals surface area contributed by atoms with Crippen LogP contribution in [-0.2, 0) is 4.74 Å². The van der Waals surface area contributed by atoms with Gasteiger partial charge in [0.05, 0.1) is 22.9 Å². The van der Waals surface area contributed by atoms with Gasteiger partial charge in [0.25, 0.3) is 0 Å². The molecule has 0 amide bonds. The molecule has 104 valence electrons. The molecule has 2 N–H and O–H groups in total. The maximum Gasteiger partial charge on any atom is 0.0976 e. The number of fused-ring (bicyclic) bond motifs is 3. The third-order valence-electron chi connectivity index (χ3n) is 6.01. The average molecular weight is 254 g/mol. The highest BCUT2D eigenvalue weighted by Crippen LogP contribution is 2.62. The Labute approximate surface area is 110 Å². The molecule has 0 aromatic rings. The Morgan fingerprint density at radius 2 is 1.72 bits per heavy atom. The van der Waals surface area contributed by atoms with E-state index in [9.17, 15) is 10.2 Å². The van der Waals surface area contributed by atoms with E-state index in [1.54, 1.807) is 0 Å². The summed E-state index contributed by atoms with van der Waals surface area (Å²) in [5, 5.41) is 21.4. The SMILES string of the molecule is CC(C)[C@]12CC[C@@](C)(O)[C@H]3CC[C@@](C)(O)[C@@H]3[C@H]1O2. The van der Waals surface area contributed by atoms with Gasteiger partial charge in [0, 0.05) is 5.92 Å². The summed E-state index contributed by atoms with van der Waals surface area (Å²) in [7, 11) is 0. The fourth-order valence-electron chi connectivity index (χ4n) is 4.63. The molecule has 3 nitrogen and oxygen atoms in total. The maximum absolute atomic E-state index is 10.7. The lowest BCUT2D eigenvalue weighted by Crippen LogP contribution is -2.43. The number of hydrogen-bond donors (Lipinski definition) is 2. The van der Waals surface area contributed by atoms with E-state index in [-0.39, 0.29) is 23.5 Å². The molecule has 3 rings (SSSR count). The number of ether oxygens (including phenoxy) is 1. The summed E-state index contributed by atoms with van der Waals surface area (Å²) in [6, 6.07) is 0. The number of rotatable bonds is 1. The molecule has 1 saturated heterocycles. The first-order valence-corrected chi connectivity index (χ1v) is 7.33. The van der Waals surface area contributed by atoms with Crippen molar-refractivity contribution in [2.24, 2.45) is 17.8 Å². The predicted octanol–water partition coefficient (Wildman–Crippen LogP) is 2.10. The van der Waals surface area contributed by atoms with Gasteiger partial charge in [-0.1, -0.05) is 13.8 Å². The summed E-state index contributed by atoms with van der Waals surface area (Å²) in [6.45, 7) is 8.26. The minimum atomic E-state index is -0.680. The van der Waals surface area contributed by atoms with Crippen LogP contribution in [-0.4, -0.2) is 33.1 Å². The minimum absolute atomic E-state index is 0.0856. The van der Waals surface area contributed by atoms with Crippen LogP contribution in [0.1, 0.15) is 53.4 Å². The lowest BCUT2D eigenvalue weighted by atomic mass is 9.75. The minimum Gasteiger partial charge on any atom is -0.390 e. The van der Waals surface area contributed by atoms with Gasteiger partial charge in [-0.05, 0) is 51.4 Å². The zero-order valence-electron chi connectivity index (χ0n) is 11.9. The Kier molecular flexibility index (Phi) is 2.51. The van der Waals surface area contributed by atoms with Crippen molar-refractivity contribution in [3.8, 4) is 0 Å². The molecule has 18 heavy (non-hydrogen) atoms. The van der Waals surface area contributed by atoms with Crippen molar-refractivity contribution in [3.05, 3.63) is 0 Å². The topological polar surface area (TPSA) is 53.0 Å². The highest BCUT2D eigenvalue weighted by Gasteiger charge is 2.70. The van der Waals surface area contributed by atoms with Gasteiger partial charge in [-0.3, -0.25) is 0 Å². The monoisotopic (exact) mass is 254 g/mol. The smallest absolute Gasteiger partial charge is 0.0976 e. The molecule has 1 heterocycles. The molecule has 6 atom stereocenters. The van der Waals surface area contributed by atoms with Crippen LogP contribution in [0.4, 0.5) is 0 Å². The average Bonchev–Trinajstić information content (AvgIpc) is 2.88. The molecule has 0 aromatic heterocycles. The second-order valence-corrected chi connectivity index (χ2v) is 7.53. The molecule has 3 heteroatoms. The van der Waals surface area contributed by atoms with Crippen LogP contribution in [0.5, 0.6) is 0 Å². The largest absolute Gasteiger partial charge is 0.390 e. The van der Waals surface area contributed by atoms with Gasteiger partial charge < -0.3 is 14.9 Å². The van der Waals surface area contributed by atoms with Gasteiger partial charge in [0.15, 0.2) is 0 Å².